The van der Waals surface area contributed by atoms with E-state index >= 15 is 0 Å². The highest BCUT2D eigenvalue weighted by Gasteiger charge is 2.24. The van der Waals surface area contributed by atoms with Gasteiger partial charge in [0, 0.05) is 18.3 Å². The second-order valence-electron chi connectivity index (χ2n) is 5.32. The molecule has 2 heteroatoms. The zero-order valence-corrected chi connectivity index (χ0v) is 11.1. The molecule has 1 heterocycles. The van der Waals surface area contributed by atoms with Crippen molar-refractivity contribution in [2.45, 2.75) is 45.8 Å². The normalized spacial score (nSPS) is 26.9. The van der Waals surface area contributed by atoms with Crippen LogP contribution in [0.2, 0.25) is 0 Å². The van der Waals surface area contributed by atoms with Crippen molar-refractivity contribution in [2.75, 3.05) is 11.4 Å². The SMILES string of the molecule is CC(O)c1ccc(N2CCCC(C)C2C)cc1. The Balaban J connectivity index is 2.16. The minimum absolute atomic E-state index is 0.373. The highest BCUT2D eigenvalue weighted by Crippen LogP contribution is 2.29. The molecule has 0 saturated carbocycles. The third-order valence-electron chi connectivity index (χ3n) is 4.08. The van der Waals surface area contributed by atoms with Crippen LogP contribution in [-0.2, 0) is 0 Å². The molecule has 0 aromatic heterocycles. The molecule has 2 nitrogen and oxygen atoms in total. The lowest BCUT2D eigenvalue weighted by Gasteiger charge is -2.39. The number of anilines is 1. The number of nitrogens with zero attached hydrogens (tertiary/aromatic N) is 1. The molecule has 0 amide bonds. The second-order valence-corrected chi connectivity index (χ2v) is 5.32. The summed E-state index contributed by atoms with van der Waals surface area (Å²) in [6, 6.07) is 8.95. The van der Waals surface area contributed by atoms with Gasteiger partial charge < -0.3 is 10.0 Å². The van der Waals surface area contributed by atoms with Crippen LogP contribution in [0.4, 0.5) is 5.69 Å². The Morgan fingerprint density at radius 2 is 1.88 bits per heavy atom. The molecule has 1 N–H and O–H groups in total. The molecule has 1 aromatic rings. The summed E-state index contributed by atoms with van der Waals surface area (Å²) < 4.78 is 0. The van der Waals surface area contributed by atoms with Gasteiger partial charge in [-0.05, 0) is 50.3 Å². The van der Waals surface area contributed by atoms with Gasteiger partial charge in [-0.1, -0.05) is 19.1 Å². The maximum absolute atomic E-state index is 9.51. The number of aliphatic hydroxyl groups excluding tert-OH is 1. The average molecular weight is 233 g/mol. The lowest BCUT2D eigenvalue weighted by atomic mass is 9.91. The van der Waals surface area contributed by atoms with E-state index in [1.807, 2.05) is 12.1 Å². The van der Waals surface area contributed by atoms with Crippen molar-refractivity contribution in [1.82, 2.24) is 0 Å². The van der Waals surface area contributed by atoms with Gasteiger partial charge in [-0.15, -0.1) is 0 Å². The number of hydrogen-bond donors (Lipinski definition) is 1. The number of piperidine rings is 1. The highest BCUT2D eigenvalue weighted by atomic mass is 16.3. The van der Waals surface area contributed by atoms with Gasteiger partial charge in [0.1, 0.15) is 0 Å². The molecule has 1 aliphatic rings. The second kappa shape index (κ2) is 5.09. The van der Waals surface area contributed by atoms with E-state index in [1.165, 1.54) is 18.5 Å². The summed E-state index contributed by atoms with van der Waals surface area (Å²) in [5.41, 5.74) is 2.28. The molecule has 1 fully saturated rings. The van der Waals surface area contributed by atoms with Crippen molar-refractivity contribution in [2.24, 2.45) is 5.92 Å². The van der Waals surface area contributed by atoms with E-state index in [-0.39, 0.29) is 6.10 Å². The Hall–Kier alpha value is -1.02. The minimum atomic E-state index is -0.373. The summed E-state index contributed by atoms with van der Waals surface area (Å²) in [5, 5.41) is 9.51. The third kappa shape index (κ3) is 2.63. The fourth-order valence-electron chi connectivity index (χ4n) is 2.64. The Morgan fingerprint density at radius 3 is 2.47 bits per heavy atom. The van der Waals surface area contributed by atoms with Crippen LogP contribution >= 0.6 is 0 Å². The summed E-state index contributed by atoms with van der Waals surface area (Å²) >= 11 is 0. The van der Waals surface area contributed by atoms with E-state index in [9.17, 15) is 5.11 Å². The van der Waals surface area contributed by atoms with Crippen LogP contribution in [0.25, 0.3) is 0 Å². The smallest absolute Gasteiger partial charge is 0.0761 e. The van der Waals surface area contributed by atoms with Gasteiger partial charge >= 0.3 is 0 Å². The van der Waals surface area contributed by atoms with Gasteiger partial charge in [0.25, 0.3) is 0 Å². The van der Waals surface area contributed by atoms with E-state index in [0.29, 0.717) is 6.04 Å². The number of benzene rings is 1. The maximum Gasteiger partial charge on any atom is 0.0761 e. The zero-order chi connectivity index (χ0) is 12.4. The molecule has 2 rings (SSSR count). The van der Waals surface area contributed by atoms with Crippen LogP contribution in [0.3, 0.4) is 0 Å². The predicted octanol–water partition coefficient (Wildman–Crippen LogP) is 3.36. The Labute approximate surface area is 104 Å². The predicted molar refractivity (Wildman–Crippen MR) is 72.3 cm³/mol. The summed E-state index contributed by atoms with van der Waals surface area (Å²) in [6.07, 6.45) is 2.24. The summed E-state index contributed by atoms with van der Waals surface area (Å²) in [6.45, 7) is 7.60. The van der Waals surface area contributed by atoms with Crippen molar-refractivity contribution in [3.8, 4) is 0 Å². The first kappa shape index (κ1) is 12.4. The molecule has 0 spiro atoms. The Bertz CT molecular complexity index is 358. The molecule has 0 bridgehead atoms. The van der Waals surface area contributed by atoms with Crippen LogP contribution in [0, 0.1) is 5.92 Å². The van der Waals surface area contributed by atoms with E-state index < -0.39 is 0 Å². The van der Waals surface area contributed by atoms with Gasteiger partial charge in [-0.3, -0.25) is 0 Å². The molecule has 1 saturated heterocycles. The molecule has 1 aliphatic heterocycles. The van der Waals surface area contributed by atoms with Crippen molar-refractivity contribution in [3.63, 3.8) is 0 Å². The molecule has 1 aromatic carbocycles. The fraction of sp³-hybridized carbons (Fsp3) is 0.600. The summed E-state index contributed by atoms with van der Waals surface area (Å²) in [4.78, 5) is 2.49. The van der Waals surface area contributed by atoms with Gasteiger partial charge in [0.15, 0.2) is 0 Å². The first-order valence-corrected chi connectivity index (χ1v) is 6.64. The molecule has 17 heavy (non-hydrogen) atoms. The van der Waals surface area contributed by atoms with Crippen molar-refractivity contribution < 1.29 is 5.11 Å². The molecular formula is C15H23NO. The molecule has 94 valence electrons. The van der Waals surface area contributed by atoms with Crippen molar-refractivity contribution in [1.29, 1.82) is 0 Å². The van der Waals surface area contributed by atoms with Crippen LogP contribution in [0.15, 0.2) is 24.3 Å². The molecule has 3 unspecified atom stereocenters. The first-order valence-electron chi connectivity index (χ1n) is 6.64. The topological polar surface area (TPSA) is 23.5 Å². The standard InChI is InChI=1S/C15H23NO/c1-11-5-4-10-16(12(11)2)15-8-6-14(7-9-15)13(3)17/h6-9,11-13,17H,4-5,10H2,1-3H3. The quantitative estimate of drug-likeness (QED) is 0.846. The van der Waals surface area contributed by atoms with Gasteiger partial charge in [0.2, 0.25) is 0 Å². The van der Waals surface area contributed by atoms with Crippen LogP contribution in [-0.4, -0.2) is 17.7 Å². The van der Waals surface area contributed by atoms with E-state index in [2.05, 4.69) is 30.9 Å². The lowest BCUT2D eigenvalue weighted by molar-refractivity contribution is 0.199. The maximum atomic E-state index is 9.51. The first-order chi connectivity index (χ1) is 8.09. The van der Waals surface area contributed by atoms with Crippen LogP contribution in [0.1, 0.15) is 45.3 Å². The number of aliphatic hydroxyl groups is 1. The van der Waals surface area contributed by atoms with E-state index in [0.717, 1.165) is 18.0 Å². The van der Waals surface area contributed by atoms with Gasteiger partial charge in [0.05, 0.1) is 6.10 Å². The van der Waals surface area contributed by atoms with Crippen molar-refractivity contribution >= 4 is 5.69 Å². The lowest BCUT2D eigenvalue weighted by Crippen LogP contribution is -2.42. The monoisotopic (exact) mass is 233 g/mol. The highest BCUT2D eigenvalue weighted by molar-refractivity contribution is 5.49. The van der Waals surface area contributed by atoms with Gasteiger partial charge in [-0.2, -0.15) is 0 Å². The van der Waals surface area contributed by atoms with Crippen LogP contribution < -0.4 is 4.90 Å². The minimum Gasteiger partial charge on any atom is -0.389 e. The molecular weight excluding hydrogens is 210 g/mol. The zero-order valence-electron chi connectivity index (χ0n) is 11.1. The molecule has 0 radical (unpaired) electrons. The average Bonchev–Trinajstić information content (AvgIpc) is 2.33. The molecule has 3 atom stereocenters. The summed E-state index contributed by atoms with van der Waals surface area (Å²) in [7, 11) is 0. The third-order valence-corrected chi connectivity index (χ3v) is 4.08. The van der Waals surface area contributed by atoms with E-state index in [1.54, 1.807) is 6.92 Å². The number of rotatable bonds is 2. The molecule has 0 aliphatic carbocycles. The fourth-order valence-corrected chi connectivity index (χ4v) is 2.64. The van der Waals surface area contributed by atoms with Gasteiger partial charge in [-0.25, -0.2) is 0 Å². The largest absolute Gasteiger partial charge is 0.389 e. The Kier molecular flexibility index (Phi) is 3.72. The Morgan fingerprint density at radius 1 is 1.24 bits per heavy atom. The summed E-state index contributed by atoms with van der Waals surface area (Å²) in [5.74, 6) is 0.764. The van der Waals surface area contributed by atoms with E-state index in [4.69, 9.17) is 0 Å². The van der Waals surface area contributed by atoms with Crippen molar-refractivity contribution in [3.05, 3.63) is 29.8 Å². The number of hydrogen-bond acceptors (Lipinski definition) is 2. The van der Waals surface area contributed by atoms with Crippen LogP contribution in [0.5, 0.6) is 0 Å².